The maximum atomic E-state index is 12.7. The molecule has 3 amide bonds. The Kier molecular flexibility index (Phi) is 6.19. The van der Waals surface area contributed by atoms with E-state index in [9.17, 15) is 14.4 Å². The molecule has 2 atom stereocenters. The fraction of sp³-hybridized carbons (Fsp3) is 0.526. The van der Waals surface area contributed by atoms with Gasteiger partial charge in [-0.15, -0.1) is 0 Å². The van der Waals surface area contributed by atoms with Gasteiger partial charge >= 0.3 is 0 Å². The minimum Gasteiger partial charge on any atom is -0.352 e. The summed E-state index contributed by atoms with van der Waals surface area (Å²) in [5.41, 5.74) is 0.804. The minimum atomic E-state index is -0.531. The number of hydrogen-bond acceptors (Lipinski definition) is 4. The highest BCUT2D eigenvalue weighted by Gasteiger charge is 2.37. The SMILES string of the molecule is CSCC[C@H](NC(=O)[C@@H]1CC(=O)N(c2ccccc2)C1)C(=O)NC1CC1. The smallest absolute Gasteiger partial charge is 0.242 e. The van der Waals surface area contributed by atoms with Crippen LogP contribution in [0.5, 0.6) is 0 Å². The summed E-state index contributed by atoms with van der Waals surface area (Å²) in [5.74, 6) is -0.0106. The predicted molar refractivity (Wildman–Crippen MR) is 103 cm³/mol. The van der Waals surface area contributed by atoms with Crippen LogP contribution in [0.25, 0.3) is 0 Å². The molecular weight excluding hydrogens is 350 g/mol. The summed E-state index contributed by atoms with van der Waals surface area (Å²) in [6, 6.07) is 9.09. The summed E-state index contributed by atoms with van der Waals surface area (Å²) in [6.07, 6.45) is 4.77. The molecule has 2 aliphatic rings. The molecular formula is C19H25N3O3S. The molecule has 0 radical (unpaired) electrons. The van der Waals surface area contributed by atoms with E-state index in [2.05, 4.69) is 10.6 Å². The third kappa shape index (κ3) is 4.78. The monoisotopic (exact) mass is 375 g/mol. The van der Waals surface area contributed by atoms with Crippen LogP contribution in [0.1, 0.15) is 25.7 Å². The molecule has 0 aromatic heterocycles. The van der Waals surface area contributed by atoms with E-state index in [1.807, 2.05) is 36.6 Å². The van der Waals surface area contributed by atoms with Crippen molar-refractivity contribution in [3.63, 3.8) is 0 Å². The zero-order chi connectivity index (χ0) is 18.5. The second-order valence-electron chi connectivity index (χ2n) is 6.87. The first-order valence-corrected chi connectivity index (χ1v) is 10.4. The first-order valence-electron chi connectivity index (χ1n) is 9.03. The number of amides is 3. The van der Waals surface area contributed by atoms with E-state index < -0.39 is 12.0 Å². The molecule has 1 heterocycles. The number of anilines is 1. The molecule has 1 aromatic carbocycles. The van der Waals surface area contributed by atoms with Gasteiger partial charge in [-0.25, -0.2) is 0 Å². The van der Waals surface area contributed by atoms with Gasteiger partial charge in [0.1, 0.15) is 6.04 Å². The first-order chi connectivity index (χ1) is 12.6. The van der Waals surface area contributed by atoms with Gasteiger partial charge in [0.05, 0.1) is 5.92 Å². The minimum absolute atomic E-state index is 0.0561. The molecule has 1 saturated heterocycles. The number of thioether (sulfide) groups is 1. The maximum Gasteiger partial charge on any atom is 0.242 e. The van der Waals surface area contributed by atoms with Crippen LogP contribution >= 0.6 is 11.8 Å². The molecule has 1 aromatic rings. The Bertz CT molecular complexity index is 663. The molecule has 26 heavy (non-hydrogen) atoms. The van der Waals surface area contributed by atoms with E-state index in [1.165, 1.54) is 0 Å². The van der Waals surface area contributed by atoms with Crippen LogP contribution in [-0.4, -0.2) is 48.4 Å². The van der Waals surface area contributed by atoms with Crippen LogP contribution in [0.4, 0.5) is 5.69 Å². The Labute approximate surface area is 158 Å². The average Bonchev–Trinajstić information content (AvgIpc) is 3.37. The van der Waals surface area contributed by atoms with Gasteiger partial charge < -0.3 is 15.5 Å². The Morgan fingerprint density at radius 2 is 2.00 bits per heavy atom. The summed E-state index contributed by atoms with van der Waals surface area (Å²) >= 11 is 1.65. The number of nitrogens with zero attached hydrogens (tertiary/aromatic N) is 1. The molecule has 3 rings (SSSR count). The molecule has 7 heteroatoms. The number of rotatable bonds is 8. The predicted octanol–water partition coefficient (Wildman–Crippen LogP) is 1.56. The van der Waals surface area contributed by atoms with Gasteiger partial charge in [-0.1, -0.05) is 18.2 Å². The molecule has 1 aliphatic heterocycles. The van der Waals surface area contributed by atoms with Crippen molar-refractivity contribution in [1.29, 1.82) is 0 Å². The molecule has 0 bridgehead atoms. The number of hydrogen-bond donors (Lipinski definition) is 2. The van der Waals surface area contributed by atoms with Gasteiger partial charge in [0, 0.05) is 24.7 Å². The van der Waals surface area contributed by atoms with Crippen molar-refractivity contribution < 1.29 is 14.4 Å². The summed E-state index contributed by atoms with van der Waals surface area (Å²) in [5, 5.41) is 5.84. The van der Waals surface area contributed by atoms with E-state index in [-0.39, 0.29) is 30.2 Å². The van der Waals surface area contributed by atoms with Crippen molar-refractivity contribution in [2.75, 3.05) is 23.5 Å². The fourth-order valence-corrected chi connectivity index (χ4v) is 3.54. The highest BCUT2D eigenvalue weighted by molar-refractivity contribution is 7.98. The van der Waals surface area contributed by atoms with Crippen LogP contribution in [0.2, 0.25) is 0 Å². The first kappa shape index (κ1) is 18.8. The molecule has 2 fully saturated rings. The highest BCUT2D eigenvalue weighted by Crippen LogP contribution is 2.25. The summed E-state index contributed by atoms with van der Waals surface area (Å²) in [6.45, 7) is 0.355. The summed E-state index contributed by atoms with van der Waals surface area (Å²) < 4.78 is 0. The van der Waals surface area contributed by atoms with Gasteiger partial charge in [-0.05, 0) is 43.4 Å². The number of nitrogens with one attached hydrogen (secondary N) is 2. The van der Waals surface area contributed by atoms with Crippen LogP contribution in [-0.2, 0) is 14.4 Å². The van der Waals surface area contributed by atoms with Gasteiger partial charge in [0.15, 0.2) is 0 Å². The molecule has 2 N–H and O–H groups in total. The lowest BCUT2D eigenvalue weighted by Crippen LogP contribution is -2.49. The zero-order valence-corrected chi connectivity index (χ0v) is 15.8. The van der Waals surface area contributed by atoms with Gasteiger partial charge in [0.25, 0.3) is 0 Å². The van der Waals surface area contributed by atoms with E-state index in [0.717, 1.165) is 24.3 Å². The van der Waals surface area contributed by atoms with Crippen LogP contribution in [0.3, 0.4) is 0 Å². The quantitative estimate of drug-likeness (QED) is 0.723. The third-order valence-corrected chi connectivity index (χ3v) is 5.38. The number of carbonyl (C=O) groups excluding carboxylic acids is 3. The molecule has 0 unspecified atom stereocenters. The van der Waals surface area contributed by atoms with Crippen LogP contribution in [0, 0.1) is 5.92 Å². The standard InChI is InChI=1S/C19H25N3O3S/c1-26-10-9-16(19(25)20-14-7-8-14)21-18(24)13-11-17(23)22(12-13)15-5-3-2-4-6-15/h2-6,13-14,16H,7-12H2,1H3,(H,20,25)(H,21,24)/t13-,16+/m1/s1. The fourth-order valence-electron chi connectivity index (χ4n) is 3.06. The van der Waals surface area contributed by atoms with Gasteiger partial charge in [0.2, 0.25) is 17.7 Å². The van der Waals surface area contributed by atoms with Crippen molar-refractivity contribution in [1.82, 2.24) is 10.6 Å². The van der Waals surface area contributed by atoms with Gasteiger partial charge in [-0.2, -0.15) is 11.8 Å². The molecule has 0 spiro atoms. The largest absolute Gasteiger partial charge is 0.352 e. The summed E-state index contributed by atoms with van der Waals surface area (Å²) in [4.78, 5) is 39.0. The molecule has 1 saturated carbocycles. The highest BCUT2D eigenvalue weighted by atomic mass is 32.2. The van der Waals surface area contributed by atoms with Gasteiger partial charge in [-0.3, -0.25) is 14.4 Å². The normalized spacial score (nSPS) is 20.7. The third-order valence-electron chi connectivity index (χ3n) is 4.73. The lowest BCUT2D eigenvalue weighted by Gasteiger charge is -2.20. The molecule has 6 nitrogen and oxygen atoms in total. The number of benzene rings is 1. The topological polar surface area (TPSA) is 78.5 Å². The Morgan fingerprint density at radius 3 is 2.65 bits per heavy atom. The Morgan fingerprint density at radius 1 is 1.27 bits per heavy atom. The summed E-state index contributed by atoms with van der Waals surface area (Å²) in [7, 11) is 0. The second-order valence-corrected chi connectivity index (χ2v) is 7.85. The lowest BCUT2D eigenvalue weighted by atomic mass is 10.1. The number of para-hydroxylation sites is 1. The van der Waals surface area contributed by atoms with Crippen molar-refractivity contribution in [2.45, 2.75) is 37.8 Å². The Balaban J connectivity index is 1.60. The van der Waals surface area contributed by atoms with E-state index >= 15 is 0 Å². The maximum absolute atomic E-state index is 12.7. The average molecular weight is 375 g/mol. The van der Waals surface area contributed by atoms with Crippen molar-refractivity contribution >= 4 is 35.2 Å². The molecule has 1 aliphatic carbocycles. The number of carbonyl (C=O) groups is 3. The van der Waals surface area contributed by atoms with Crippen molar-refractivity contribution in [3.05, 3.63) is 30.3 Å². The van der Waals surface area contributed by atoms with E-state index in [1.54, 1.807) is 16.7 Å². The van der Waals surface area contributed by atoms with Crippen LogP contribution < -0.4 is 15.5 Å². The lowest BCUT2D eigenvalue weighted by molar-refractivity contribution is -0.131. The molecule has 140 valence electrons. The zero-order valence-electron chi connectivity index (χ0n) is 14.9. The van der Waals surface area contributed by atoms with Crippen molar-refractivity contribution in [2.24, 2.45) is 5.92 Å². The Hall–Kier alpha value is -2.02. The van der Waals surface area contributed by atoms with E-state index in [4.69, 9.17) is 0 Å². The second kappa shape index (κ2) is 8.58. The van der Waals surface area contributed by atoms with E-state index in [0.29, 0.717) is 13.0 Å². The van der Waals surface area contributed by atoms with Crippen molar-refractivity contribution in [3.8, 4) is 0 Å². The van der Waals surface area contributed by atoms with Crippen LogP contribution in [0.15, 0.2) is 30.3 Å².